The van der Waals surface area contributed by atoms with Crippen molar-refractivity contribution in [3.8, 4) is 11.1 Å². The van der Waals surface area contributed by atoms with Gasteiger partial charge in [-0.3, -0.25) is 4.79 Å². The highest BCUT2D eigenvalue weighted by Gasteiger charge is 2.16. The number of aromatic nitrogens is 1. The third-order valence-electron chi connectivity index (χ3n) is 7.19. The zero-order chi connectivity index (χ0) is 27.9. The number of fused-ring (bicyclic) bond motifs is 1. The molecule has 196 valence electrons. The molecule has 1 amide bonds. The van der Waals surface area contributed by atoms with Gasteiger partial charge in [0.15, 0.2) is 0 Å². The number of aryl methyl sites for hydroxylation is 2. The van der Waals surface area contributed by atoms with Crippen molar-refractivity contribution in [2.45, 2.75) is 40.3 Å². The fraction of sp³-hybridized carbons (Fsp3) is 0.176. The van der Waals surface area contributed by atoms with Crippen molar-refractivity contribution in [1.29, 1.82) is 0 Å². The maximum atomic E-state index is 13.1. The number of nitrogens with one attached hydrogen (secondary N) is 1. The standard InChI is InChI=1S/C33H32N2O.CO2/c1-22-9-8-12-29(19-22)24(3)34-33(36)30-17-18-32-31(20-30)23(2)25(4)35(32)21-26-13-15-28(16-14-26)27-10-6-5-7-11-27;2-1-3/h5-20,24H,21H2,1-4H3,(H,34,36);/t24-;/m1./s1. The van der Waals surface area contributed by atoms with E-state index in [1.807, 2.05) is 31.2 Å². The molecular weight excluding hydrogens is 484 g/mol. The van der Waals surface area contributed by atoms with Crippen LogP contribution in [-0.4, -0.2) is 16.6 Å². The lowest BCUT2D eigenvalue weighted by Crippen LogP contribution is -2.26. The van der Waals surface area contributed by atoms with Gasteiger partial charge in [0, 0.05) is 28.7 Å². The van der Waals surface area contributed by atoms with Gasteiger partial charge in [0.2, 0.25) is 0 Å². The Labute approximate surface area is 229 Å². The van der Waals surface area contributed by atoms with Crippen molar-refractivity contribution in [1.82, 2.24) is 9.88 Å². The molecule has 5 heteroatoms. The van der Waals surface area contributed by atoms with Gasteiger partial charge < -0.3 is 9.88 Å². The van der Waals surface area contributed by atoms with Crippen LogP contribution in [0.1, 0.15) is 51.3 Å². The number of hydrogen-bond donors (Lipinski definition) is 1. The molecule has 0 aliphatic rings. The van der Waals surface area contributed by atoms with Gasteiger partial charge in [-0.1, -0.05) is 84.4 Å². The largest absolute Gasteiger partial charge is 0.373 e. The van der Waals surface area contributed by atoms with Gasteiger partial charge in [0.1, 0.15) is 0 Å². The summed E-state index contributed by atoms with van der Waals surface area (Å²) in [6, 6.07) is 33.5. The Hall–Kier alpha value is -4.73. The van der Waals surface area contributed by atoms with Crippen LogP contribution < -0.4 is 5.32 Å². The molecule has 0 fully saturated rings. The van der Waals surface area contributed by atoms with Gasteiger partial charge in [-0.15, -0.1) is 0 Å². The second kappa shape index (κ2) is 12.2. The van der Waals surface area contributed by atoms with Crippen LogP contribution in [0.5, 0.6) is 0 Å². The molecule has 1 N–H and O–H groups in total. The smallest absolute Gasteiger partial charge is 0.346 e. The number of rotatable bonds is 6. The van der Waals surface area contributed by atoms with E-state index in [1.165, 1.54) is 33.5 Å². The maximum Gasteiger partial charge on any atom is 0.373 e. The fourth-order valence-electron chi connectivity index (χ4n) is 4.91. The fourth-order valence-corrected chi connectivity index (χ4v) is 4.91. The highest BCUT2D eigenvalue weighted by atomic mass is 16.2. The molecule has 0 bridgehead atoms. The van der Waals surface area contributed by atoms with Crippen LogP contribution in [0, 0.1) is 20.8 Å². The second-order valence-corrected chi connectivity index (χ2v) is 9.78. The van der Waals surface area contributed by atoms with Gasteiger partial charge >= 0.3 is 6.15 Å². The highest BCUT2D eigenvalue weighted by molar-refractivity contribution is 5.99. The summed E-state index contributed by atoms with van der Waals surface area (Å²) < 4.78 is 2.35. The third kappa shape index (κ3) is 6.23. The van der Waals surface area contributed by atoms with Crippen LogP contribution in [-0.2, 0) is 16.1 Å². The number of hydrogen-bond acceptors (Lipinski definition) is 3. The molecule has 1 aromatic heterocycles. The predicted molar refractivity (Wildman–Crippen MR) is 154 cm³/mol. The Bertz CT molecular complexity index is 1630. The van der Waals surface area contributed by atoms with E-state index in [4.69, 9.17) is 9.59 Å². The van der Waals surface area contributed by atoms with E-state index in [0.29, 0.717) is 5.56 Å². The van der Waals surface area contributed by atoms with Crippen LogP contribution in [0.4, 0.5) is 0 Å². The summed E-state index contributed by atoms with van der Waals surface area (Å²) in [5, 5.41) is 4.29. The van der Waals surface area contributed by atoms with Gasteiger partial charge in [-0.25, -0.2) is 0 Å². The molecule has 0 aliphatic carbocycles. The summed E-state index contributed by atoms with van der Waals surface area (Å²) in [7, 11) is 0. The first-order valence-corrected chi connectivity index (χ1v) is 12.9. The topological polar surface area (TPSA) is 68.2 Å². The Balaban J connectivity index is 0.00000112. The molecule has 39 heavy (non-hydrogen) atoms. The van der Waals surface area contributed by atoms with Gasteiger partial charge in [-0.2, -0.15) is 9.59 Å². The first-order chi connectivity index (χ1) is 18.8. The average Bonchev–Trinajstić information content (AvgIpc) is 3.18. The number of benzene rings is 4. The summed E-state index contributed by atoms with van der Waals surface area (Å²) in [5.41, 5.74) is 10.3. The van der Waals surface area contributed by atoms with Crippen molar-refractivity contribution in [3.05, 3.63) is 131 Å². The van der Waals surface area contributed by atoms with Crippen molar-refractivity contribution in [3.63, 3.8) is 0 Å². The predicted octanol–water partition coefficient (Wildman–Crippen LogP) is 7.19. The lowest BCUT2D eigenvalue weighted by molar-refractivity contribution is -0.191. The number of carbonyl (C=O) groups excluding carboxylic acids is 3. The minimum Gasteiger partial charge on any atom is -0.346 e. The van der Waals surface area contributed by atoms with E-state index in [2.05, 4.69) is 103 Å². The molecule has 0 unspecified atom stereocenters. The van der Waals surface area contributed by atoms with Gasteiger partial charge in [-0.05, 0) is 73.7 Å². The van der Waals surface area contributed by atoms with Crippen molar-refractivity contribution in [2.75, 3.05) is 0 Å². The van der Waals surface area contributed by atoms with Crippen molar-refractivity contribution in [2.24, 2.45) is 0 Å². The summed E-state index contributed by atoms with van der Waals surface area (Å²) in [6.45, 7) is 9.19. The number of amides is 1. The molecule has 4 aromatic carbocycles. The van der Waals surface area contributed by atoms with E-state index in [0.717, 1.165) is 23.0 Å². The minimum atomic E-state index is -0.0561. The van der Waals surface area contributed by atoms with Crippen LogP contribution in [0.25, 0.3) is 22.0 Å². The normalized spacial score (nSPS) is 11.3. The Kier molecular flexibility index (Phi) is 8.55. The van der Waals surface area contributed by atoms with E-state index >= 15 is 0 Å². The molecule has 0 saturated carbocycles. The molecular formula is C34H32N2O3. The first-order valence-electron chi connectivity index (χ1n) is 12.9. The van der Waals surface area contributed by atoms with Crippen molar-refractivity contribution >= 4 is 23.0 Å². The van der Waals surface area contributed by atoms with Crippen LogP contribution >= 0.6 is 0 Å². The van der Waals surface area contributed by atoms with Gasteiger partial charge in [0.25, 0.3) is 5.91 Å². The lowest BCUT2D eigenvalue weighted by atomic mass is 10.0. The maximum absolute atomic E-state index is 13.1. The number of carbonyl (C=O) groups is 1. The van der Waals surface area contributed by atoms with E-state index < -0.39 is 0 Å². The minimum absolute atomic E-state index is 0.0489. The van der Waals surface area contributed by atoms with Crippen LogP contribution in [0.3, 0.4) is 0 Å². The molecule has 1 atom stereocenters. The SMILES string of the molecule is Cc1cccc([C@@H](C)NC(=O)c2ccc3c(c2)c(C)c(C)n3Cc2ccc(-c3ccccc3)cc2)c1.O=C=O. The molecule has 0 saturated heterocycles. The van der Waals surface area contributed by atoms with E-state index in [9.17, 15) is 4.79 Å². The summed E-state index contributed by atoms with van der Waals surface area (Å²) in [6.07, 6.45) is 0.250. The molecule has 0 aliphatic heterocycles. The van der Waals surface area contributed by atoms with Crippen molar-refractivity contribution < 1.29 is 14.4 Å². The molecule has 1 heterocycles. The van der Waals surface area contributed by atoms with Gasteiger partial charge in [0.05, 0.1) is 6.04 Å². The quantitative estimate of drug-likeness (QED) is 0.260. The van der Waals surface area contributed by atoms with Crippen LogP contribution in [0.2, 0.25) is 0 Å². The Morgan fingerprint density at radius 1 is 0.821 bits per heavy atom. The monoisotopic (exact) mass is 516 g/mol. The summed E-state index contributed by atoms with van der Waals surface area (Å²) in [5.74, 6) is -0.0489. The van der Waals surface area contributed by atoms with E-state index in [1.54, 1.807) is 0 Å². The summed E-state index contributed by atoms with van der Waals surface area (Å²) >= 11 is 0. The molecule has 5 aromatic rings. The Morgan fingerprint density at radius 3 is 2.15 bits per heavy atom. The second-order valence-electron chi connectivity index (χ2n) is 9.78. The average molecular weight is 517 g/mol. The van der Waals surface area contributed by atoms with E-state index in [-0.39, 0.29) is 18.1 Å². The molecule has 0 radical (unpaired) electrons. The lowest BCUT2D eigenvalue weighted by Gasteiger charge is -2.15. The summed E-state index contributed by atoms with van der Waals surface area (Å²) in [4.78, 5) is 29.3. The Morgan fingerprint density at radius 2 is 1.49 bits per heavy atom. The zero-order valence-corrected chi connectivity index (χ0v) is 22.7. The first kappa shape index (κ1) is 27.3. The zero-order valence-electron chi connectivity index (χ0n) is 22.7. The molecule has 0 spiro atoms. The molecule has 5 nitrogen and oxygen atoms in total. The van der Waals surface area contributed by atoms with Crippen LogP contribution in [0.15, 0.2) is 97.1 Å². The highest BCUT2D eigenvalue weighted by Crippen LogP contribution is 2.28. The molecule has 5 rings (SSSR count). The third-order valence-corrected chi connectivity index (χ3v) is 7.19. The number of nitrogens with zero attached hydrogens (tertiary/aromatic N) is 1.